The van der Waals surface area contributed by atoms with Crippen LogP contribution in [0.1, 0.15) is 32.6 Å². The van der Waals surface area contributed by atoms with Gasteiger partial charge < -0.3 is 15.4 Å². The Morgan fingerprint density at radius 1 is 1.60 bits per heavy atom. The third-order valence-corrected chi connectivity index (χ3v) is 3.11. The summed E-state index contributed by atoms with van der Waals surface area (Å²) >= 11 is 0. The van der Waals surface area contributed by atoms with E-state index in [0.717, 1.165) is 25.8 Å². The van der Waals surface area contributed by atoms with E-state index in [9.17, 15) is 4.79 Å². The van der Waals surface area contributed by atoms with E-state index in [0.29, 0.717) is 12.6 Å². The lowest BCUT2D eigenvalue weighted by molar-refractivity contribution is -0.144. The predicted molar refractivity (Wildman–Crippen MR) is 59.5 cm³/mol. The highest BCUT2D eigenvalue weighted by atomic mass is 16.5. The molecule has 1 saturated heterocycles. The lowest BCUT2D eigenvalue weighted by atomic mass is 9.99. The van der Waals surface area contributed by atoms with Crippen molar-refractivity contribution < 1.29 is 9.53 Å². The first-order chi connectivity index (χ1) is 7.20. The van der Waals surface area contributed by atoms with Crippen molar-refractivity contribution in [1.29, 1.82) is 0 Å². The minimum absolute atomic E-state index is 0.107. The van der Waals surface area contributed by atoms with Crippen molar-refractivity contribution in [2.75, 3.05) is 20.2 Å². The number of likely N-dealkylation sites (tertiary alicyclic amines) is 1. The number of methoxy groups -OCH3 is 1. The van der Waals surface area contributed by atoms with Gasteiger partial charge in [0, 0.05) is 19.7 Å². The number of hydrogen-bond acceptors (Lipinski definition) is 3. The number of carbonyl (C=O) groups is 1. The van der Waals surface area contributed by atoms with Crippen LogP contribution in [0.4, 0.5) is 0 Å². The maximum Gasteiger partial charge on any atom is 0.251 e. The van der Waals surface area contributed by atoms with Crippen LogP contribution in [-0.4, -0.2) is 43.2 Å². The first-order valence-electron chi connectivity index (χ1n) is 5.74. The zero-order valence-electron chi connectivity index (χ0n) is 9.74. The van der Waals surface area contributed by atoms with Crippen molar-refractivity contribution in [2.24, 2.45) is 5.73 Å². The maximum absolute atomic E-state index is 12.0. The number of nitrogens with two attached hydrogens (primary N) is 1. The summed E-state index contributed by atoms with van der Waals surface area (Å²) < 4.78 is 5.07. The smallest absolute Gasteiger partial charge is 0.251 e. The van der Waals surface area contributed by atoms with Gasteiger partial charge in [-0.15, -0.1) is 0 Å². The van der Waals surface area contributed by atoms with Gasteiger partial charge in [-0.05, 0) is 39.2 Å². The van der Waals surface area contributed by atoms with Gasteiger partial charge in [-0.25, -0.2) is 0 Å². The fourth-order valence-corrected chi connectivity index (χ4v) is 2.12. The third-order valence-electron chi connectivity index (χ3n) is 3.11. The number of hydrogen-bond donors (Lipinski definition) is 1. The fourth-order valence-electron chi connectivity index (χ4n) is 2.12. The lowest BCUT2D eigenvalue weighted by Crippen LogP contribution is -2.48. The molecule has 0 saturated carbocycles. The number of rotatable bonds is 4. The summed E-state index contributed by atoms with van der Waals surface area (Å²) in [5.74, 6) is 0.107. The highest BCUT2D eigenvalue weighted by Crippen LogP contribution is 2.20. The Balaban J connectivity index is 2.58. The van der Waals surface area contributed by atoms with E-state index in [1.54, 1.807) is 14.0 Å². The van der Waals surface area contributed by atoms with Gasteiger partial charge in [-0.3, -0.25) is 4.79 Å². The summed E-state index contributed by atoms with van der Waals surface area (Å²) in [7, 11) is 1.57. The number of ether oxygens (including phenoxy) is 1. The van der Waals surface area contributed by atoms with Crippen molar-refractivity contribution in [3.8, 4) is 0 Å². The Bertz CT molecular complexity index is 207. The quantitative estimate of drug-likeness (QED) is 0.751. The van der Waals surface area contributed by atoms with E-state index >= 15 is 0 Å². The highest BCUT2D eigenvalue weighted by molar-refractivity contribution is 5.80. The van der Waals surface area contributed by atoms with Gasteiger partial charge in [0.25, 0.3) is 5.91 Å². The fraction of sp³-hybridized carbons (Fsp3) is 0.909. The van der Waals surface area contributed by atoms with Crippen LogP contribution in [0, 0.1) is 0 Å². The molecule has 4 heteroatoms. The maximum atomic E-state index is 12.0. The zero-order valence-corrected chi connectivity index (χ0v) is 9.74. The van der Waals surface area contributed by atoms with Crippen LogP contribution in [0.15, 0.2) is 0 Å². The Labute approximate surface area is 91.8 Å². The van der Waals surface area contributed by atoms with E-state index in [1.807, 2.05) is 4.90 Å². The molecule has 2 unspecified atom stereocenters. The molecule has 0 spiro atoms. The Morgan fingerprint density at radius 3 is 2.93 bits per heavy atom. The Kier molecular flexibility index (Phi) is 5.05. The standard InChI is InChI=1S/C11H22N2O2/c1-9(15-2)11(14)13-8-4-3-5-10(13)6-7-12/h9-10H,3-8,12H2,1-2H3. The number of amides is 1. The molecule has 0 aromatic heterocycles. The first-order valence-corrected chi connectivity index (χ1v) is 5.74. The molecule has 1 heterocycles. The molecule has 2 N–H and O–H groups in total. The van der Waals surface area contributed by atoms with Crippen molar-refractivity contribution in [2.45, 2.75) is 44.8 Å². The number of nitrogens with zero attached hydrogens (tertiary/aromatic N) is 1. The topological polar surface area (TPSA) is 55.6 Å². The van der Waals surface area contributed by atoms with Crippen molar-refractivity contribution in [3.63, 3.8) is 0 Å². The first kappa shape index (κ1) is 12.5. The van der Waals surface area contributed by atoms with Crippen LogP contribution in [0.3, 0.4) is 0 Å². The van der Waals surface area contributed by atoms with Crippen LogP contribution in [0.25, 0.3) is 0 Å². The molecule has 4 nitrogen and oxygen atoms in total. The van der Waals surface area contributed by atoms with E-state index < -0.39 is 0 Å². The molecule has 0 aliphatic carbocycles. The molecule has 2 atom stereocenters. The molecule has 1 aliphatic rings. The van der Waals surface area contributed by atoms with Crippen molar-refractivity contribution in [1.82, 2.24) is 4.90 Å². The molecule has 88 valence electrons. The van der Waals surface area contributed by atoms with Crippen molar-refractivity contribution in [3.05, 3.63) is 0 Å². The molecule has 0 radical (unpaired) electrons. The summed E-state index contributed by atoms with van der Waals surface area (Å²) in [5.41, 5.74) is 5.56. The zero-order chi connectivity index (χ0) is 11.3. The van der Waals surface area contributed by atoms with Gasteiger partial charge >= 0.3 is 0 Å². The Hall–Kier alpha value is -0.610. The molecular weight excluding hydrogens is 192 g/mol. The second kappa shape index (κ2) is 6.08. The van der Waals surface area contributed by atoms with Gasteiger partial charge in [0.2, 0.25) is 0 Å². The van der Waals surface area contributed by atoms with Gasteiger partial charge in [-0.2, -0.15) is 0 Å². The molecule has 1 aliphatic heterocycles. The second-order valence-electron chi connectivity index (χ2n) is 4.14. The summed E-state index contributed by atoms with van der Waals surface area (Å²) in [4.78, 5) is 13.9. The molecule has 0 bridgehead atoms. The third kappa shape index (κ3) is 3.18. The largest absolute Gasteiger partial charge is 0.372 e. The normalized spacial score (nSPS) is 23.9. The van der Waals surface area contributed by atoms with Gasteiger partial charge in [-0.1, -0.05) is 0 Å². The molecular formula is C11H22N2O2. The van der Waals surface area contributed by atoms with E-state index in [-0.39, 0.29) is 12.0 Å². The van der Waals surface area contributed by atoms with Gasteiger partial charge in [0.05, 0.1) is 0 Å². The van der Waals surface area contributed by atoms with E-state index in [4.69, 9.17) is 10.5 Å². The molecule has 0 aromatic rings. The molecule has 1 fully saturated rings. The lowest BCUT2D eigenvalue weighted by Gasteiger charge is -2.37. The Morgan fingerprint density at radius 2 is 2.33 bits per heavy atom. The van der Waals surface area contributed by atoms with Crippen LogP contribution >= 0.6 is 0 Å². The molecule has 0 aromatic carbocycles. The molecule has 15 heavy (non-hydrogen) atoms. The monoisotopic (exact) mass is 214 g/mol. The van der Waals surface area contributed by atoms with Crippen LogP contribution in [-0.2, 0) is 9.53 Å². The minimum atomic E-state index is -0.330. The van der Waals surface area contributed by atoms with Crippen LogP contribution in [0.5, 0.6) is 0 Å². The molecule has 1 amide bonds. The second-order valence-corrected chi connectivity index (χ2v) is 4.14. The number of carbonyl (C=O) groups excluding carboxylic acids is 1. The van der Waals surface area contributed by atoms with Crippen molar-refractivity contribution >= 4 is 5.91 Å². The SMILES string of the molecule is COC(C)C(=O)N1CCCCC1CCN. The summed E-state index contributed by atoms with van der Waals surface area (Å²) in [6.45, 7) is 3.31. The van der Waals surface area contributed by atoms with Gasteiger partial charge in [0.15, 0.2) is 0 Å². The summed E-state index contributed by atoms with van der Waals surface area (Å²) in [6, 6.07) is 0.328. The molecule has 1 rings (SSSR count). The number of piperidine rings is 1. The van der Waals surface area contributed by atoms with Gasteiger partial charge in [0.1, 0.15) is 6.10 Å². The minimum Gasteiger partial charge on any atom is -0.372 e. The summed E-state index contributed by atoms with van der Waals surface area (Å²) in [5, 5.41) is 0. The van der Waals surface area contributed by atoms with Crippen LogP contribution in [0.2, 0.25) is 0 Å². The summed E-state index contributed by atoms with van der Waals surface area (Å²) in [6.07, 6.45) is 3.96. The average molecular weight is 214 g/mol. The van der Waals surface area contributed by atoms with E-state index in [1.165, 1.54) is 6.42 Å². The van der Waals surface area contributed by atoms with E-state index in [2.05, 4.69) is 0 Å². The van der Waals surface area contributed by atoms with Crippen LogP contribution < -0.4 is 5.73 Å². The average Bonchev–Trinajstić information content (AvgIpc) is 2.28. The highest BCUT2D eigenvalue weighted by Gasteiger charge is 2.28. The predicted octanol–water partition coefficient (Wildman–Crippen LogP) is 0.751.